The second kappa shape index (κ2) is 8.79. The van der Waals surface area contributed by atoms with Crippen molar-refractivity contribution >= 4 is 5.97 Å². The summed E-state index contributed by atoms with van der Waals surface area (Å²) in [7, 11) is 0. The molecular weight excluding hydrogens is 312 g/mol. The number of hydrogen-bond donors (Lipinski definition) is 1. The predicted molar refractivity (Wildman–Crippen MR) is 102 cm³/mol. The van der Waals surface area contributed by atoms with E-state index in [2.05, 4.69) is 60.4 Å². The lowest BCUT2D eigenvalue weighted by Crippen LogP contribution is -2.54. The normalized spacial score (nSPS) is 18.7. The average molecular weight is 340 g/mol. The Kier molecular flexibility index (Phi) is 6.73. The zero-order chi connectivity index (χ0) is 16.9. The predicted octanol–water partition coefficient (Wildman–Crippen LogP) is 3.50. The third-order valence-electron chi connectivity index (χ3n) is 4.73. The van der Waals surface area contributed by atoms with Crippen LogP contribution in [0.4, 0.5) is 0 Å². The van der Waals surface area contributed by atoms with Crippen LogP contribution in [-0.2, 0) is 4.79 Å². The van der Waals surface area contributed by atoms with E-state index in [0.717, 1.165) is 19.6 Å². The van der Waals surface area contributed by atoms with Gasteiger partial charge >= 0.3 is 5.97 Å². The highest BCUT2D eigenvalue weighted by Crippen LogP contribution is 2.30. The highest BCUT2D eigenvalue weighted by molar-refractivity contribution is 5.69. The van der Waals surface area contributed by atoms with Crippen molar-refractivity contribution in [2.75, 3.05) is 26.2 Å². The van der Waals surface area contributed by atoms with Gasteiger partial charge < -0.3 is 5.11 Å². The monoisotopic (exact) mass is 340 g/mol. The lowest BCUT2D eigenvalue weighted by Gasteiger charge is -2.43. The third kappa shape index (κ3) is 4.68. The van der Waals surface area contributed by atoms with Crippen molar-refractivity contribution in [3.8, 4) is 0 Å². The molecule has 0 amide bonds. The minimum atomic E-state index is -0.752. The van der Waals surface area contributed by atoms with Crippen LogP contribution in [0.2, 0.25) is 0 Å². The van der Waals surface area contributed by atoms with Crippen molar-refractivity contribution in [2.24, 2.45) is 0 Å². The van der Waals surface area contributed by atoms with E-state index in [4.69, 9.17) is 5.11 Å². The molecule has 1 aliphatic heterocycles. The number of aliphatic carboxylic acids is 1. The number of hydrogen-bond acceptors (Lipinski definition) is 3. The standard InChI is InChI=1S/C20H24N2O2.CH4/c1-16-14-22(13-12-21(16)15-19(23)24)20(17-8-4-2-5-9-17)18-10-6-3-7-11-18;/h2-11,16,20H,12-15H2,1H3,(H,23,24);1H4/t16-;/m0./s1. The first kappa shape index (κ1) is 19.2. The molecular formula is C21H28N2O2. The van der Waals surface area contributed by atoms with Crippen molar-refractivity contribution in [1.82, 2.24) is 9.80 Å². The fraction of sp³-hybridized carbons (Fsp3) is 0.381. The Morgan fingerprint density at radius 2 is 1.56 bits per heavy atom. The zero-order valence-corrected chi connectivity index (χ0v) is 14.0. The Morgan fingerprint density at radius 1 is 1.04 bits per heavy atom. The first-order valence-electron chi connectivity index (χ1n) is 8.45. The molecule has 2 aromatic carbocycles. The van der Waals surface area contributed by atoms with Crippen LogP contribution >= 0.6 is 0 Å². The highest BCUT2D eigenvalue weighted by atomic mass is 16.4. The maximum Gasteiger partial charge on any atom is 0.317 e. The Hall–Kier alpha value is -2.17. The molecule has 1 heterocycles. The fourth-order valence-electron chi connectivity index (χ4n) is 3.55. The second-order valence-corrected chi connectivity index (χ2v) is 6.43. The van der Waals surface area contributed by atoms with Crippen molar-refractivity contribution < 1.29 is 9.90 Å². The van der Waals surface area contributed by atoms with Gasteiger partial charge in [0.05, 0.1) is 12.6 Å². The molecule has 1 aliphatic rings. The topological polar surface area (TPSA) is 43.8 Å². The Bertz CT molecular complexity index is 621. The number of benzene rings is 2. The van der Waals surface area contributed by atoms with Crippen LogP contribution in [-0.4, -0.2) is 53.1 Å². The van der Waals surface area contributed by atoms with Crippen LogP contribution in [0.25, 0.3) is 0 Å². The maximum atomic E-state index is 11.0. The van der Waals surface area contributed by atoms with Crippen LogP contribution in [0.1, 0.15) is 31.5 Å². The lowest BCUT2D eigenvalue weighted by molar-refractivity contribution is -0.139. The summed E-state index contributed by atoms with van der Waals surface area (Å²) in [5, 5.41) is 9.06. The molecule has 1 N–H and O–H groups in total. The summed E-state index contributed by atoms with van der Waals surface area (Å²) >= 11 is 0. The molecule has 0 bridgehead atoms. The molecule has 0 saturated carbocycles. The largest absolute Gasteiger partial charge is 0.480 e. The van der Waals surface area contributed by atoms with Crippen molar-refractivity contribution in [1.29, 1.82) is 0 Å². The number of carbonyl (C=O) groups is 1. The number of carboxylic acid groups (broad SMARTS) is 1. The van der Waals surface area contributed by atoms with Gasteiger partial charge in [-0.25, -0.2) is 0 Å². The number of rotatable bonds is 5. The molecule has 1 fully saturated rings. The van der Waals surface area contributed by atoms with Crippen molar-refractivity contribution in [2.45, 2.75) is 26.4 Å². The average Bonchev–Trinajstić information content (AvgIpc) is 2.59. The molecule has 1 saturated heterocycles. The lowest BCUT2D eigenvalue weighted by atomic mass is 9.95. The van der Waals surface area contributed by atoms with E-state index in [0.29, 0.717) is 0 Å². The zero-order valence-electron chi connectivity index (χ0n) is 14.0. The summed E-state index contributed by atoms with van der Waals surface area (Å²) in [6.07, 6.45) is 0. The molecule has 4 nitrogen and oxygen atoms in total. The smallest absolute Gasteiger partial charge is 0.317 e. The fourth-order valence-corrected chi connectivity index (χ4v) is 3.55. The number of piperazine rings is 1. The quantitative estimate of drug-likeness (QED) is 0.905. The van der Waals surface area contributed by atoms with E-state index in [1.165, 1.54) is 11.1 Å². The minimum Gasteiger partial charge on any atom is -0.480 e. The molecule has 0 unspecified atom stereocenters. The molecule has 3 rings (SSSR count). The molecule has 4 heteroatoms. The molecule has 0 aliphatic carbocycles. The van der Waals surface area contributed by atoms with Gasteiger partial charge in [0, 0.05) is 25.7 Å². The molecule has 0 spiro atoms. The van der Waals surface area contributed by atoms with Gasteiger partial charge in [-0.1, -0.05) is 68.1 Å². The van der Waals surface area contributed by atoms with Gasteiger partial charge in [-0.3, -0.25) is 14.6 Å². The van der Waals surface area contributed by atoms with E-state index >= 15 is 0 Å². The summed E-state index contributed by atoms with van der Waals surface area (Å²) in [5.41, 5.74) is 2.56. The van der Waals surface area contributed by atoms with E-state index in [9.17, 15) is 4.79 Å². The van der Waals surface area contributed by atoms with E-state index in [1.807, 2.05) is 17.0 Å². The molecule has 25 heavy (non-hydrogen) atoms. The van der Waals surface area contributed by atoms with E-state index in [1.54, 1.807) is 0 Å². The van der Waals surface area contributed by atoms with Crippen LogP contribution in [0.15, 0.2) is 60.7 Å². The van der Waals surface area contributed by atoms with Gasteiger partial charge in [0.25, 0.3) is 0 Å². The van der Waals surface area contributed by atoms with Gasteiger partial charge in [0.15, 0.2) is 0 Å². The Labute approximate surface area is 150 Å². The van der Waals surface area contributed by atoms with Crippen LogP contribution < -0.4 is 0 Å². The van der Waals surface area contributed by atoms with Crippen molar-refractivity contribution in [3.63, 3.8) is 0 Å². The first-order chi connectivity index (χ1) is 11.6. The van der Waals surface area contributed by atoms with Gasteiger partial charge in [-0.05, 0) is 18.1 Å². The first-order valence-corrected chi connectivity index (χ1v) is 8.45. The minimum absolute atomic E-state index is 0. The summed E-state index contributed by atoms with van der Waals surface area (Å²) in [6.45, 7) is 4.75. The Balaban J connectivity index is 0.00000225. The van der Waals surface area contributed by atoms with Gasteiger partial charge in [0.2, 0.25) is 0 Å². The van der Waals surface area contributed by atoms with Crippen LogP contribution in [0.5, 0.6) is 0 Å². The number of nitrogens with zero attached hydrogens (tertiary/aromatic N) is 2. The van der Waals surface area contributed by atoms with Gasteiger partial charge in [0.1, 0.15) is 0 Å². The summed E-state index contributed by atoms with van der Waals surface area (Å²) in [6, 6.07) is 21.5. The number of carboxylic acids is 1. The van der Waals surface area contributed by atoms with Crippen LogP contribution in [0.3, 0.4) is 0 Å². The molecule has 1 atom stereocenters. The maximum absolute atomic E-state index is 11.0. The van der Waals surface area contributed by atoms with Gasteiger partial charge in [-0.15, -0.1) is 0 Å². The second-order valence-electron chi connectivity index (χ2n) is 6.43. The van der Waals surface area contributed by atoms with Crippen molar-refractivity contribution in [3.05, 3.63) is 71.8 Å². The molecule has 0 aromatic heterocycles. The van der Waals surface area contributed by atoms with E-state index < -0.39 is 5.97 Å². The summed E-state index contributed by atoms with van der Waals surface area (Å²) in [5.74, 6) is -0.752. The summed E-state index contributed by atoms with van der Waals surface area (Å²) in [4.78, 5) is 15.5. The molecule has 2 aromatic rings. The van der Waals surface area contributed by atoms with Crippen LogP contribution in [0, 0.1) is 0 Å². The van der Waals surface area contributed by atoms with E-state index in [-0.39, 0.29) is 26.1 Å². The SMILES string of the molecule is C.C[C@H]1CN(C(c2ccccc2)c2ccccc2)CCN1CC(=O)O. The van der Waals surface area contributed by atoms with Gasteiger partial charge in [-0.2, -0.15) is 0 Å². The highest BCUT2D eigenvalue weighted by Gasteiger charge is 2.30. The summed E-state index contributed by atoms with van der Waals surface area (Å²) < 4.78 is 0. The Morgan fingerprint density at radius 3 is 2.00 bits per heavy atom. The third-order valence-corrected chi connectivity index (χ3v) is 4.73. The molecule has 134 valence electrons. The molecule has 0 radical (unpaired) electrons.